The van der Waals surface area contributed by atoms with Crippen molar-refractivity contribution in [3.05, 3.63) is 46.8 Å². The van der Waals surface area contributed by atoms with Crippen molar-refractivity contribution < 1.29 is 9.66 Å². The average Bonchev–Trinajstić information content (AvgIpc) is 3.05. The topological polar surface area (TPSA) is 81.4 Å². The first kappa shape index (κ1) is 16.2. The predicted molar refractivity (Wildman–Crippen MR) is 97.7 cm³/mol. The fourth-order valence-electron chi connectivity index (χ4n) is 2.70. The van der Waals surface area contributed by atoms with E-state index >= 15 is 0 Å². The number of nitrogens with zero attached hydrogens (tertiary/aromatic N) is 4. The second kappa shape index (κ2) is 6.95. The third-order valence-electron chi connectivity index (χ3n) is 3.87. The molecular weight excluding hydrogens is 360 g/mol. The van der Waals surface area contributed by atoms with Crippen LogP contribution in [0.25, 0.3) is 10.2 Å². The lowest BCUT2D eigenvalue weighted by molar-refractivity contribution is -0.387. The molecule has 1 aromatic carbocycles. The van der Waals surface area contributed by atoms with Crippen molar-refractivity contribution in [2.45, 2.75) is 9.10 Å². The number of nitro benzene ring substituents is 1. The second-order valence-corrected chi connectivity index (χ2v) is 7.78. The van der Waals surface area contributed by atoms with Crippen LogP contribution in [0, 0.1) is 10.1 Å². The summed E-state index contributed by atoms with van der Waals surface area (Å²) in [7, 11) is 0. The van der Waals surface area contributed by atoms with E-state index in [0.717, 1.165) is 33.3 Å². The average molecular weight is 374 g/mol. The lowest BCUT2D eigenvalue weighted by Crippen LogP contribution is -2.36. The maximum Gasteiger partial charge on any atom is 0.283 e. The summed E-state index contributed by atoms with van der Waals surface area (Å²) in [4.78, 5) is 23.4. The van der Waals surface area contributed by atoms with Gasteiger partial charge in [-0.05, 0) is 12.1 Å². The molecule has 3 aromatic rings. The van der Waals surface area contributed by atoms with Crippen molar-refractivity contribution in [1.29, 1.82) is 0 Å². The van der Waals surface area contributed by atoms with Gasteiger partial charge in [0, 0.05) is 19.2 Å². The van der Waals surface area contributed by atoms with Crippen molar-refractivity contribution in [2.75, 3.05) is 31.2 Å². The standard InChI is InChI=1S/C16H14N4O3S2/c21-20(22)12-3-1-2-4-13(12)24-14-9-11-15(17-10-18-16(11)25-14)19-5-7-23-8-6-19/h1-4,9-10H,5-8H2. The molecule has 0 N–H and O–H groups in total. The number of morpholine rings is 1. The first-order valence-corrected chi connectivity index (χ1v) is 9.34. The van der Waals surface area contributed by atoms with E-state index in [-0.39, 0.29) is 10.6 Å². The lowest BCUT2D eigenvalue weighted by atomic mass is 10.3. The molecule has 1 fully saturated rings. The zero-order valence-corrected chi connectivity index (χ0v) is 14.8. The van der Waals surface area contributed by atoms with Crippen molar-refractivity contribution >= 4 is 44.8 Å². The first-order chi connectivity index (χ1) is 12.2. The Morgan fingerprint density at radius 1 is 1.24 bits per heavy atom. The van der Waals surface area contributed by atoms with Gasteiger partial charge in [-0.1, -0.05) is 23.9 Å². The van der Waals surface area contributed by atoms with Crippen LogP contribution in [-0.4, -0.2) is 41.2 Å². The zero-order valence-electron chi connectivity index (χ0n) is 13.1. The molecular formula is C16H14N4O3S2. The number of thiophene rings is 1. The molecule has 2 aromatic heterocycles. The minimum absolute atomic E-state index is 0.115. The molecule has 0 atom stereocenters. The summed E-state index contributed by atoms with van der Waals surface area (Å²) in [6, 6.07) is 8.79. The SMILES string of the molecule is O=[N+]([O-])c1ccccc1Sc1cc2c(N3CCOCC3)ncnc2s1. The molecule has 0 radical (unpaired) electrons. The normalized spacial score (nSPS) is 14.8. The molecule has 128 valence electrons. The van der Waals surface area contributed by atoms with Gasteiger partial charge in [0.15, 0.2) is 0 Å². The van der Waals surface area contributed by atoms with Gasteiger partial charge < -0.3 is 9.64 Å². The molecule has 7 nitrogen and oxygen atoms in total. The van der Waals surface area contributed by atoms with Crippen LogP contribution < -0.4 is 4.90 Å². The largest absolute Gasteiger partial charge is 0.378 e. The van der Waals surface area contributed by atoms with E-state index in [0.29, 0.717) is 18.1 Å². The van der Waals surface area contributed by atoms with Crippen LogP contribution in [0.2, 0.25) is 0 Å². The molecule has 9 heteroatoms. The van der Waals surface area contributed by atoms with E-state index in [1.165, 1.54) is 29.2 Å². The summed E-state index contributed by atoms with van der Waals surface area (Å²) in [5.74, 6) is 0.902. The van der Waals surface area contributed by atoms with Gasteiger partial charge >= 0.3 is 0 Å². The summed E-state index contributed by atoms with van der Waals surface area (Å²) in [6.07, 6.45) is 1.57. The number of anilines is 1. The molecule has 0 bridgehead atoms. The maximum atomic E-state index is 11.2. The minimum atomic E-state index is -0.353. The Balaban J connectivity index is 1.69. The first-order valence-electron chi connectivity index (χ1n) is 7.71. The van der Waals surface area contributed by atoms with Crippen LogP contribution >= 0.6 is 23.1 Å². The fraction of sp³-hybridized carbons (Fsp3) is 0.250. The molecule has 4 rings (SSSR count). The Morgan fingerprint density at radius 3 is 2.84 bits per heavy atom. The second-order valence-electron chi connectivity index (χ2n) is 5.41. The number of benzene rings is 1. The Bertz CT molecular complexity index is 925. The van der Waals surface area contributed by atoms with Crippen LogP contribution in [-0.2, 0) is 4.74 Å². The number of rotatable bonds is 4. The predicted octanol–water partition coefficient (Wildman–Crippen LogP) is 3.59. The smallest absolute Gasteiger partial charge is 0.283 e. The van der Waals surface area contributed by atoms with Gasteiger partial charge in [-0.2, -0.15) is 0 Å². The molecule has 25 heavy (non-hydrogen) atoms. The number of nitro groups is 1. The van der Waals surface area contributed by atoms with Crippen molar-refractivity contribution in [3.63, 3.8) is 0 Å². The molecule has 0 unspecified atom stereocenters. The van der Waals surface area contributed by atoms with Gasteiger partial charge in [0.1, 0.15) is 17.0 Å². The highest BCUT2D eigenvalue weighted by atomic mass is 32.2. The van der Waals surface area contributed by atoms with Crippen molar-refractivity contribution in [3.8, 4) is 0 Å². The third kappa shape index (κ3) is 3.30. The molecule has 0 spiro atoms. The highest BCUT2D eigenvalue weighted by Crippen LogP contribution is 2.41. The summed E-state index contributed by atoms with van der Waals surface area (Å²) < 4.78 is 6.36. The van der Waals surface area contributed by atoms with Gasteiger partial charge in [0.2, 0.25) is 0 Å². The van der Waals surface area contributed by atoms with E-state index in [1.807, 2.05) is 12.1 Å². The Morgan fingerprint density at radius 2 is 2.04 bits per heavy atom. The van der Waals surface area contributed by atoms with Crippen LogP contribution in [0.5, 0.6) is 0 Å². The summed E-state index contributed by atoms with van der Waals surface area (Å²) in [5, 5.41) is 12.2. The van der Waals surface area contributed by atoms with Crippen LogP contribution in [0.1, 0.15) is 0 Å². The number of aromatic nitrogens is 2. The van der Waals surface area contributed by atoms with Gasteiger partial charge in [-0.25, -0.2) is 9.97 Å². The summed E-state index contributed by atoms with van der Waals surface area (Å²) in [5.41, 5.74) is 0.115. The van der Waals surface area contributed by atoms with Crippen LogP contribution in [0.4, 0.5) is 11.5 Å². The number of hydrogen-bond donors (Lipinski definition) is 0. The number of hydrogen-bond acceptors (Lipinski definition) is 8. The van der Waals surface area contributed by atoms with E-state index in [4.69, 9.17) is 4.74 Å². The fourth-order valence-corrected chi connectivity index (χ4v) is 4.89. The van der Waals surface area contributed by atoms with E-state index in [1.54, 1.807) is 18.5 Å². The highest BCUT2D eigenvalue weighted by molar-refractivity contribution is 8.01. The zero-order chi connectivity index (χ0) is 17.2. The molecule has 1 saturated heterocycles. The molecule has 1 aliphatic rings. The molecule has 3 heterocycles. The molecule has 0 aliphatic carbocycles. The van der Waals surface area contributed by atoms with Gasteiger partial charge in [-0.3, -0.25) is 10.1 Å². The van der Waals surface area contributed by atoms with Crippen molar-refractivity contribution in [2.24, 2.45) is 0 Å². The summed E-state index contributed by atoms with van der Waals surface area (Å²) >= 11 is 2.91. The lowest BCUT2D eigenvalue weighted by Gasteiger charge is -2.28. The molecule has 0 amide bonds. The van der Waals surface area contributed by atoms with Gasteiger partial charge in [0.05, 0.1) is 32.6 Å². The maximum absolute atomic E-state index is 11.2. The number of para-hydroxylation sites is 1. The monoisotopic (exact) mass is 374 g/mol. The Labute approximate surface area is 151 Å². The van der Waals surface area contributed by atoms with E-state index in [2.05, 4.69) is 14.9 Å². The highest BCUT2D eigenvalue weighted by Gasteiger charge is 2.19. The summed E-state index contributed by atoms with van der Waals surface area (Å²) in [6.45, 7) is 2.98. The van der Waals surface area contributed by atoms with Crippen LogP contribution in [0.3, 0.4) is 0 Å². The third-order valence-corrected chi connectivity index (χ3v) is 6.09. The number of fused-ring (bicyclic) bond motifs is 1. The minimum Gasteiger partial charge on any atom is -0.378 e. The molecule has 1 aliphatic heterocycles. The van der Waals surface area contributed by atoms with Gasteiger partial charge in [0.25, 0.3) is 5.69 Å². The van der Waals surface area contributed by atoms with E-state index in [9.17, 15) is 10.1 Å². The Hall–Kier alpha value is -2.23. The number of ether oxygens (including phenoxy) is 1. The molecule has 0 saturated carbocycles. The quantitative estimate of drug-likeness (QED) is 0.510. The van der Waals surface area contributed by atoms with Crippen LogP contribution in [0.15, 0.2) is 45.8 Å². The van der Waals surface area contributed by atoms with Gasteiger partial charge in [-0.15, -0.1) is 11.3 Å². The van der Waals surface area contributed by atoms with Crippen molar-refractivity contribution in [1.82, 2.24) is 9.97 Å². The Kier molecular flexibility index (Phi) is 4.51. The van der Waals surface area contributed by atoms with E-state index < -0.39 is 0 Å².